The summed E-state index contributed by atoms with van der Waals surface area (Å²) in [4.78, 5) is 0. The standard InChI is InChI=1S/C11H17N3.CH4O3S/c1-11(2,3)8-4-6-9(7-5-8)14-10(12)13;1-5(2,3)4/h4-7H,1-3H3,(H4,12,13,14);1H3,(H,2,3,4). The van der Waals surface area contributed by atoms with Gasteiger partial charge in [-0.05, 0) is 23.1 Å². The first-order valence-corrected chi connectivity index (χ1v) is 7.38. The molecule has 0 heterocycles. The van der Waals surface area contributed by atoms with Gasteiger partial charge in [-0.15, -0.1) is 0 Å². The third kappa shape index (κ3) is 10.0. The van der Waals surface area contributed by atoms with E-state index in [2.05, 4.69) is 26.1 Å². The molecule has 7 heteroatoms. The minimum absolute atomic E-state index is 0.0338. The average Bonchev–Trinajstić information content (AvgIpc) is 2.13. The van der Waals surface area contributed by atoms with Crippen molar-refractivity contribution in [2.75, 3.05) is 11.6 Å². The van der Waals surface area contributed by atoms with Crippen molar-refractivity contribution in [2.45, 2.75) is 26.2 Å². The third-order valence-corrected chi connectivity index (χ3v) is 2.03. The Morgan fingerprint density at radius 1 is 1.26 bits per heavy atom. The van der Waals surface area contributed by atoms with E-state index >= 15 is 0 Å². The molecule has 6 nitrogen and oxygen atoms in total. The lowest BCUT2D eigenvalue weighted by molar-refractivity contribution is 0.490. The Balaban J connectivity index is 0.000000555. The van der Waals surface area contributed by atoms with Crippen LogP contribution >= 0.6 is 0 Å². The molecule has 0 aliphatic carbocycles. The Bertz CT molecular complexity index is 508. The Kier molecular flexibility index (Phi) is 5.98. The molecule has 5 N–H and O–H groups in total. The molecule has 0 aliphatic heterocycles. The zero-order chi connectivity index (χ0) is 15.3. The van der Waals surface area contributed by atoms with Gasteiger partial charge in [0.1, 0.15) is 0 Å². The Hall–Kier alpha value is -1.60. The lowest BCUT2D eigenvalue weighted by atomic mass is 9.87. The van der Waals surface area contributed by atoms with Gasteiger partial charge in [0.15, 0.2) is 5.96 Å². The molecule has 108 valence electrons. The van der Waals surface area contributed by atoms with Crippen LogP contribution in [0.2, 0.25) is 0 Å². The molecule has 0 amide bonds. The molecule has 0 aliphatic rings. The van der Waals surface area contributed by atoms with Gasteiger partial charge in [0.2, 0.25) is 0 Å². The minimum Gasteiger partial charge on any atom is -0.370 e. The molecule has 0 bridgehead atoms. The van der Waals surface area contributed by atoms with E-state index in [1.54, 1.807) is 0 Å². The topological polar surface area (TPSA) is 116 Å². The Morgan fingerprint density at radius 3 is 1.89 bits per heavy atom. The number of benzene rings is 1. The number of hydrogen-bond acceptors (Lipinski definition) is 3. The highest BCUT2D eigenvalue weighted by Gasteiger charge is 2.12. The summed E-state index contributed by atoms with van der Waals surface area (Å²) >= 11 is 0. The van der Waals surface area contributed by atoms with Crippen LogP contribution in [-0.4, -0.2) is 25.2 Å². The molecule has 0 spiro atoms. The SMILES string of the molecule is CC(C)(C)c1ccc(NC(=N)N)cc1.CS(=O)(=O)O. The maximum absolute atomic E-state index is 9.19. The second-order valence-electron chi connectivity index (χ2n) is 5.10. The fourth-order valence-electron chi connectivity index (χ4n) is 1.21. The normalized spacial score (nSPS) is 11.2. The number of rotatable bonds is 1. The summed E-state index contributed by atoms with van der Waals surface area (Å²) in [6.07, 6.45) is 0.715. The van der Waals surface area contributed by atoms with E-state index in [9.17, 15) is 8.42 Å². The number of anilines is 1. The van der Waals surface area contributed by atoms with E-state index < -0.39 is 10.1 Å². The minimum atomic E-state index is -3.67. The van der Waals surface area contributed by atoms with Gasteiger partial charge >= 0.3 is 0 Å². The maximum Gasteiger partial charge on any atom is 0.261 e. The molecule has 0 saturated carbocycles. The van der Waals surface area contributed by atoms with Gasteiger partial charge in [-0.3, -0.25) is 9.96 Å². The van der Waals surface area contributed by atoms with Crippen LogP contribution in [0.25, 0.3) is 0 Å². The van der Waals surface area contributed by atoms with E-state index in [4.69, 9.17) is 15.7 Å². The highest BCUT2D eigenvalue weighted by atomic mass is 32.2. The monoisotopic (exact) mass is 287 g/mol. The molecule has 19 heavy (non-hydrogen) atoms. The van der Waals surface area contributed by atoms with Crippen molar-refractivity contribution in [3.63, 3.8) is 0 Å². The summed E-state index contributed by atoms with van der Waals surface area (Å²) in [5.41, 5.74) is 7.50. The van der Waals surface area contributed by atoms with Crippen LogP contribution in [0.5, 0.6) is 0 Å². The van der Waals surface area contributed by atoms with Crippen molar-refractivity contribution < 1.29 is 13.0 Å². The first kappa shape index (κ1) is 17.4. The van der Waals surface area contributed by atoms with Crippen molar-refractivity contribution >= 4 is 21.8 Å². The molecule has 0 unspecified atom stereocenters. The van der Waals surface area contributed by atoms with Gasteiger partial charge in [0.25, 0.3) is 10.1 Å². The molecule has 0 atom stereocenters. The molecule has 1 aromatic carbocycles. The van der Waals surface area contributed by atoms with Gasteiger partial charge in [0, 0.05) is 5.69 Å². The van der Waals surface area contributed by atoms with Crippen molar-refractivity contribution in [1.82, 2.24) is 0 Å². The van der Waals surface area contributed by atoms with Gasteiger partial charge in [-0.1, -0.05) is 32.9 Å². The first-order chi connectivity index (χ1) is 8.39. The summed E-state index contributed by atoms with van der Waals surface area (Å²) in [5, 5.41) is 9.82. The summed E-state index contributed by atoms with van der Waals surface area (Å²) in [6.45, 7) is 6.50. The Labute approximate surface area is 114 Å². The molecular weight excluding hydrogens is 266 g/mol. The van der Waals surface area contributed by atoms with Crippen molar-refractivity contribution in [1.29, 1.82) is 5.41 Å². The molecule has 1 rings (SSSR count). The van der Waals surface area contributed by atoms with Crippen molar-refractivity contribution in [3.8, 4) is 0 Å². The number of nitrogens with two attached hydrogens (primary N) is 1. The summed E-state index contributed by atoms with van der Waals surface area (Å²) < 4.78 is 25.9. The van der Waals surface area contributed by atoms with Gasteiger partial charge < -0.3 is 11.1 Å². The van der Waals surface area contributed by atoms with Crippen LogP contribution in [-0.2, 0) is 15.5 Å². The number of guanidine groups is 1. The van der Waals surface area contributed by atoms with E-state index in [1.165, 1.54) is 5.56 Å². The van der Waals surface area contributed by atoms with E-state index in [0.717, 1.165) is 5.69 Å². The zero-order valence-corrected chi connectivity index (χ0v) is 12.4. The van der Waals surface area contributed by atoms with Crippen LogP contribution in [0.1, 0.15) is 26.3 Å². The van der Waals surface area contributed by atoms with Crippen molar-refractivity contribution in [2.24, 2.45) is 5.73 Å². The highest BCUT2D eigenvalue weighted by Crippen LogP contribution is 2.23. The van der Waals surface area contributed by atoms with Gasteiger partial charge in [0.05, 0.1) is 6.26 Å². The van der Waals surface area contributed by atoms with Crippen LogP contribution in [0.15, 0.2) is 24.3 Å². The lowest BCUT2D eigenvalue weighted by Crippen LogP contribution is -2.20. The van der Waals surface area contributed by atoms with E-state index in [-0.39, 0.29) is 11.4 Å². The molecule has 1 aromatic rings. The molecular formula is C12H21N3O3S. The predicted octanol–water partition coefficient (Wildman–Crippen LogP) is 1.79. The molecule has 0 saturated heterocycles. The van der Waals surface area contributed by atoms with E-state index in [0.29, 0.717) is 6.26 Å². The van der Waals surface area contributed by atoms with Crippen LogP contribution in [0, 0.1) is 5.41 Å². The zero-order valence-electron chi connectivity index (χ0n) is 11.6. The molecule has 0 fully saturated rings. The fraction of sp³-hybridized carbons (Fsp3) is 0.417. The largest absolute Gasteiger partial charge is 0.370 e. The molecule has 0 aromatic heterocycles. The number of hydrogen-bond donors (Lipinski definition) is 4. The van der Waals surface area contributed by atoms with Crippen molar-refractivity contribution in [3.05, 3.63) is 29.8 Å². The molecule has 0 radical (unpaired) electrons. The second-order valence-corrected chi connectivity index (χ2v) is 6.57. The summed E-state index contributed by atoms with van der Waals surface area (Å²) in [5.74, 6) is -0.0338. The van der Waals surface area contributed by atoms with Gasteiger partial charge in [-0.25, -0.2) is 0 Å². The third-order valence-electron chi connectivity index (χ3n) is 2.03. The van der Waals surface area contributed by atoms with Crippen LogP contribution in [0.4, 0.5) is 5.69 Å². The van der Waals surface area contributed by atoms with Crippen LogP contribution < -0.4 is 11.1 Å². The smallest absolute Gasteiger partial charge is 0.261 e. The number of nitrogens with one attached hydrogen (secondary N) is 2. The fourth-order valence-corrected chi connectivity index (χ4v) is 1.21. The average molecular weight is 287 g/mol. The second kappa shape index (κ2) is 6.53. The van der Waals surface area contributed by atoms with Crippen LogP contribution in [0.3, 0.4) is 0 Å². The van der Waals surface area contributed by atoms with E-state index in [1.807, 2.05) is 24.3 Å². The quantitative estimate of drug-likeness (QED) is 0.357. The predicted molar refractivity (Wildman–Crippen MR) is 78.2 cm³/mol. The maximum atomic E-state index is 9.19. The highest BCUT2D eigenvalue weighted by molar-refractivity contribution is 7.85. The first-order valence-electron chi connectivity index (χ1n) is 5.53. The summed E-state index contributed by atoms with van der Waals surface area (Å²) in [6, 6.07) is 7.96. The van der Waals surface area contributed by atoms with Gasteiger partial charge in [-0.2, -0.15) is 8.42 Å². The summed E-state index contributed by atoms with van der Waals surface area (Å²) in [7, 11) is -3.67. The lowest BCUT2D eigenvalue weighted by Gasteiger charge is -2.19. The Morgan fingerprint density at radius 2 is 1.63 bits per heavy atom.